The van der Waals surface area contributed by atoms with Crippen LogP contribution in [0, 0.1) is 0 Å². The Labute approximate surface area is 167 Å². The van der Waals surface area contributed by atoms with Gasteiger partial charge < -0.3 is 10.0 Å². The minimum Gasteiger partial charge on any atom is -0.393 e. The Bertz CT molecular complexity index is 1020. The Kier molecular flexibility index (Phi) is 3.87. The number of aliphatic hydroxyl groups is 1. The van der Waals surface area contributed by atoms with Gasteiger partial charge in [0.15, 0.2) is 5.82 Å². The Morgan fingerprint density at radius 1 is 1.04 bits per heavy atom. The highest BCUT2D eigenvalue weighted by Crippen LogP contribution is 2.45. The molecule has 28 heavy (non-hydrogen) atoms. The molecule has 0 aromatic carbocycles. The molecular weight excluding hydrogens is 370 g/mol. The lowest BCUT2D eigenvalue weighted by Gasteiger charge is -2.38. The second kappa shape index (κ2) is 6.46. The van der Waals surface area contributed by atoms with E-state index < -0.39 is 0 Å². The summed E-state index contributed by atoms with van der Waals surface area (Å²) in [5.41, 5.74) is 2.19. The van der Waals surface area contributed by atoms with Gasteiger partial charge in [-0.25, -0.2) is 15.0 Å². The smallest absolute Gasteiger partial charge is 0.183 e. The van der Waals surface area contributed by atoms with Gasteiger partial charge in [0.1, 0.15) is 16.3 Å². The van der Waals surface area contributed by atoms with E-state index in [4.69, 9.17) is 9.97 Å². The first-order valence-electron chi connectivity index (χ1n) is 10.3. The molecule has 6 nitrogen and oxygen atoms in total. The third kappa shape index (κ3) is 2.56. The Hall–Kier alpha value is -2.12. The van der Waals surface area contributed by atoms with Gasteiger partial charge in [-0.2, -0.15) is 0 Å². The zero-order valence-corrected chi connectivity index (χ0v) is 16.5. The molecule has 7 heteroatoms. The molecule has 0 amide bonds. The summed E-state index contributed by atoms with van der Waals surface area (Å²) >= 11 is 1.83. The summed E-state index contributed by atoms with van der Waals surface area (Å²) in [6.07, 6.45) is 13.7. The number of hydrogen-bond donors (Lipinski definition) is 1. The zero-order valence-electron chi connectivity index (χ0n) is 15.7. The van der Waals surface area contributed by atoms with Gasteiger partial charge >= 0.3 is 0 Å². The third-order valence-electron chi connectivity index (χ3n) is 6.54. The van der Waals surface area contributed by atoms with Crippen LogP contribution < -0.4 is 4.90 Å². The highest BCUT2D eigenvalue weighted by atomic mass is 32.1. The number of aryl methyl sites for hydroxylation is 2. The molecule has 3 aromatic rings. The number of nitrogens with zero attached hydrogens (tertiary/aromatic N) is 5. The van der Waals surface area contributed by atoms with Crippen LogP contribution in [0.1, 0.15) is 49.0 Å². The molecule has 0 radical (unpaired) electrons. The van der Waals surface area contributed by atoms with Gasteiger partial charge in [0.05, 0.1) is 17.7 Å². The molecule has 2 unspecified atom stereocenters. The summed E-state index contributed by atoms with van der Waals surface area (Å²) in [7, 11) is 0. The first-order chi connectivity index (χ1) is 13.8. The molecule has 2 fully saturated rings. The summed E-state index contributed by atoms with van der Waals surface area (Å²) < 4.78 is 0. The van der Waals surface area contributed by atoms with Crippen LogP contribution in [0.3, 0.4) is 0 Å². The van der Waals surface area contributed by atoms with Gasteiger partial charge in [0, 0.05) is 29.4 Å². The first kappa shape index (κ1) is 16.8. The highest BCUT2D eigenvalue weighted by Gasteiger charge is 2.42. The standard InChI is InChI=1S/C21H23N5OS/c27-14-9-12-5-6-13(10-14)26(12)20-18-15-3-1-2-4-17(15)28-21(18)25-19(24-20)16-11-22-7-8-23-16/h7-8,11-14,27H,1-6,9-10H2. The predicted octanol–water partition coefficient (Wildman–Crippen LogP) is 3.52. The van der Waals surface area contributed by atoms with E-state index in [0.717, 1.165) is 54.9 Å². The van der Waals surface area contributed by atoms with Crippen LogP contribution in [-0.4, -0.2) is 43.2 Å². The minimum atomic E-state index is -0.179. The van der Waals surface area contributed by atoms with Crippen molar-refractivity contribution in [1.82, 2.24) is 19.9 Å². The van der Waals surface area contributed by atoms with Crippen molar-refractivity contribution in [1.29, 1.82) is 0 Å². The summed E-state index contributed by atoms with van der Waals surface area (Å²) in [6, 6.07) is 0.751. The number of rotatable bonds is 2. The van der Waals surface area contributed by atoms with Gasteiger partial charge in [-0.3, -0.25) is 4.98 Å². The summed E-state index contributed by atoms with van der Waals surface area (Å²) in [4.78, 5) is 23.7. The lowest BCUT2D eigenvalue weighted by Crippen LogP contribution is -2.45. The number of fused-ring (bicyclic) bond motifs is 5. The van der Waals surface area contributed by atoms with Crippen LogP contribution in [0.25, 0.3) is 21.7 Å². The van der Waals surface area contributed by atoms with Gasteiger partial charge in [0.2, 0.25) is 0 Å². The molecule has 3 aliphatic rings. The maximum Gasteiger partial charge on any atom is 0.183 e. The molecule has 2 aliphatic heterocycles. The van der Waals surface area contributed by atoms with Crippen molar-refractivity contribution >= 4 is 27.4 Å². The Morgan fingerprint density at radius 2 is 1.86 bits per heavy atom. The van der Waals surface area contributed by atoms with Crippen molar-refractivity contribution in [3.05, 3.63) is 29.0 Å². The van der Waals surface area contributed by atoms with E-state index in [-0.39, 0.29) is 6.10 Å². The average molecular weight is 394 g/mol. The monoisotopic (exact) mass is 393 g/mol. The van der Waals surface area contributed by atoms with Crippen molar-refractivity contribution < 1.29 is 5.11 Å². The normalized spacial score (nSPS) is 26.6. The third-order valence-corrected chi connectivity index (χ3v) is 7.73. The predicted molar refractivity (Wildman–Crippen MR) is 110 cm³/mol. The largest absolute Gasteiger partial charge is 0.393 e. The van der Waals surface area contributed by atoms with E-state index >= 15 is 0 Å². The van der Waals surface area contributed by atoms with Crippen LogP contribution in [0.4, 0.5) is 5.82 Å². The second-order valence-electron chi connectivity index (χ2n) is 8.27. The minimum absolute atomic E-state index is 0.179. The quantitative estimate of drug-likeness (QED) is 0.718. The number of hydrogen-bond acceptors (Lipinski definition) is 7. The van der Waals surface area contributed by atoms with Crippen molar-refractivity contribution in [3.63, 3.8) is 0 Å². The number of piperidine rings is 1. The number of thiophene rings is 1. The van der Waals surface area contributed by atoms with Crippen LogP contribution in [0.5, 0.6) is 0 Å². The van der Waals surface area contributed by atoms with E-state index in [1.165, 1.54) is 28.7 Å². The zero-order chi connectivity index (χ0) is 18.7. The van der Waals surface area contributed by atoms with Crippen LogP contribution >= 0.6 is 11.3 Å². The SMILES string of the molecule is OC1CC2CCC(C1)N2c1nc(-c2cnccn2)nc2sc3c(c12)CCCC3. The number of aliphatic hydroxyl groups excluding tert-OH is 1. The fraction of sp³-hybridized carbons (Fsp3) is 0.524. The lowest BCUT2D eigenvalue weighted by atomic mass is 9.95. The molecule has 2 saturated heterocycles. The van der Waals surface area contributed by atoms with Crippen LogP contribution in [-0.2, 0) is 12.8 Å². The molecule has 6 rings (SSSR count). The van der Waals surface area contributed by atoms with E-state index in [1.54, 1.807) is 18.6 Å². The summed E-state index contributed by atoms with van der Waals surface area (Å²) in [5, 5.41) is 11.5. The summed E-state index contributed by atoms with van der Waals surface area (Å²) in [5.74, 6) is 1.74. The van der Waals surface area contributed by atoms with Crippen molar-refractivity contribution in [2.45, 2.75) is 69.6 Å². The molecule has 144 valence electrons. The van der Waals surface area contributed by atoms with E-state index in [9.17, 15) is 5.11 Å². The lowest BCUT2D eigenvalue weighted by molar-refractivity contribution is 0.126. The molecule has 0 spiro atoms. The molecule has 2 bridgehead atoms. The van der Waals surface area contributed by atoms with E-state index in [0.29, 0.717) is 17.9 Å². The van der Waals surface area contributed by atoms with Gasteiger partial charge in [-0.05, 0) is 56.9 Å². The van der Waals surface area contributed by atoms with Gasteiger partial charge in [0.25, 0.3) is 0 Å². The molecule has 3 aromatic heterocycles. The first-order valence-corrected chi connectivity index (χ1v) is 11.1. The van der Waals surface area contributed by atoms with Crippen LogP contribution in [0.15, 0.2) is 18.6 Å². The van der Waals surface area contributed by atoms with E-state index in [2.05, 4.69) is 14.9 Å². The Morgan fingerprint density at radius 3 is 2.64 bits per heavy atom. The van der Waals surface area contributed by atoms with Crippen molar-refractivity contribution in [2.75, 3.05) is 4.90 Å². The maximum atomic E-state index is 10.3. The summed E-state index contributed by atoms with van der Waals surface area (Å²) in [6.45, 7) is 0. The van der Waals surface area contributed by atoms with Crippen molar-refractivity contribution in [2.24, 2.45) is 0 Å². The molecule has 1 N–H and O–H groups in total. The number of aromatic nitrogens is 4. The molecule has 2 atom stereocenters. The van der Waals surface area contributed by atoms with Crippen molar-refractivity contribution in [3.8, 4) is 11.5 Å². The topological polar surface area (TPSA) is 75.0 Å². The van der Waals surface area contributed by atoms with Gasteiger partial charge in [-0.1, -0.05) is 0 Å². The fourth-order valence-electron chi connectivity index (χ4n) is 5.35. The molecule has 0 saturated carbocycles. The molecular formula is C21H23N5OS. The highest BCUT2D eigenvalue weighted by molar-refractivity contribution is 7.19. The average Bonchev–Trinajstić information content (AvgIpc) is 3.23. The van der Waals surface area contributed by atoms with E-state index in [1.807, 2.05) is 11.3 Å². The second-order valence-corrected chi connectivity index (χ2v) is 9.35. The fourth-order valence-corrected chi connectivity index (χ4v) is 6.60. The number of anilines is 1. The molecule has 1 aliphatic carbocycles. The molecule has 5 heterocycles. The van der Waals surface area contributed by atoms with Gasteiger partial charge in [-0.15, -0.1) is 11.3 Å². The maximum absolute atomic E-state index is 10.3. The van der Waals surface area contributed by atoms with Crippen LogP contribution in [0.2, 0.25) is 0 Å². The Balaban J connectivity index is 1.58.